The van der Waals surface area contributed by atoms with E-state index in [2.05, 4.69) is 0 Å². The van der Waals surface area contributed by atoms with E-state index in [1.54, 1.807) is 0 Å². The summed E-state index contributed by atoms with van der Waals surface area (Å²) in [5, 5.41) is 22.5. The minimum Gasteiger partial charge on any atom is -0.507 e. The standard InChI is InChI=1S/C28H38O6/c1-16(21-10-19(14-33-17(2)29)12-23(25(21)31)27(4,5)6)22-11-20(15-34-18(3)30)13-24(26(22)32)28(7,8)9/h10-13,16,31-32H,14-15H2,1-9H3. The maximum Gasteiger partial charge on any atom is 0.302 e. The molecule has 6 heteroatoms. The SMILES string of the molecule is CC(=O)OCc1cc(C(C)c2cc(COC(C)=O)cc(C(C)(C)C)c2O)c(O)c(C(C)(C)C)c1. The van der Waals surface area contributed by atoms with Crippen molar-refractivity contribution in [2.45, 2.75) is 92.3 Å². The van der Waals surface area contributed by atoms with Gasteiger partial charge in [0.2, 0.25) is 0 Å². The number of phenols is 2. The number of esters is 2. The minimum absolute atomic E-state index is 0.0874. The third-order valence-electron chi connectivity index (χ3n) is 5.83. The van der Waals surface area contributed by atoms with E-state index < -0.39 is 5.92 Å². The first-order valence-corrected chi connectivity index (χ1v) is 11.5. The van der Waals surface area contributed by atoms with Crippen LogP contribution in [0.4, 0.5) is 0 Å². The number of carbonyl (C=O) groups is 2. The lowest BCUT2D eigenvalue weighted by Crippen LogP contribution is -2.16. The van der Waals surface area contributed by atoms with Gasteiger partial charge in [0.15, 0.2) is 0 Å². The Morgan fingerprint density at radius 2 is 1.06 bits per heavy atom. The Bertz CT molecular complexity index is 984. The van der Waals surface area contributed by atoms with Gasteiger partial charge in [0.1, 0.15) is 24.7 Å². The third-order valence-corrected chi connectivity index (χ3v) is 5.83. The molecule has 0 amide bonds. The largest absolute Gasteiger partial charge is 0.507 e. The molecule has 0 heterocycles. The highest BCUT2D eigenvalue weighted by molar-refractivity contribution is 5.66. The summed E-state index contributed by atoms with van der Waals surface area (Å²) in [5.74, 6) is -0.865. The van der Waals surface area contributed by atoms with Crippen molar-refractivity contribution in [3.63, 3.8) is 0 Å². The van der Waals surface area contributed by atoms with E-state index in [0.29, 0.717) is 11.1 Å². The molecule has 0 atom stereocenters. The summed E-state index contributed by atoms with van der Waals surface area (Å²) in [4.78, 5) is 22.8. The first kappa shape index (κ1) is 27.2. The molecule has 2 aromatic rings. The normalized spacial score (nSPS) is 12.1. The van der Waals surface area contributed by atoms with Crippen LogP contribution in [0.15, 0.2) is 24.3 Å². The number of hydrogen-bond acceptors (Lipinski definition) is 6. The maximum atomic E-state index is 11.4. The van der Waals surface area contributed by atoms with E-state index >= 15 is 0 Å². The molecular weight excluding hydrogens is 432 g/mol. The van der Waals surface area contributed by atoms with Crippen molar-refractivity contribution < 1.29 is 29.3 Å². The molecule has 0 saturated heterocycles. The highest BCUT2D eigenvalue weighted by Crippen LogP contribution is 2.44. The Hall–Kier alpha value is -3.02. The summed E-state index contributed by atoms with van der Waals surface area (Å²) in [6, 6.07) is 7.33. The zero-order valence-electron chi connectivity index (χ0n) is 21.8. The van der Waals surface area contributed by atoms with Crippen molar-refractivity contribution in [1.29, 1.82) is 0 Å². The first-order chi connectivity index (χ1) is 15.5. The fourth-order valence-electron chi connectivity index (χ4n) is 3.95. The Morgan fingerprint density at radius 3 is 1.32 bits per heavy atom. The third kappa shape index (κ3) is 6.52. The Kier molecular flexibility index (Phi) is 8.07. The van der Waals surface area contributed by atoms with E-state index in [0.717, 1.165) is 22.3 Å². The second-order valence-corrected chi connectivity index (χ2v) is 10.9. The second-order valence-electron chi connectivity index (χ2n) is 10.9. The predicted octanol–water partition coefficient (Wildman–Crippen LogP) is 5.97. The van der Waals surface area contributed by atoms with Gasteiger partial charge in [-0.15, -0.1) is 0 Å². The van der Waals surface area contributed by atoms with Gasteiger partial charge in [0.25, 0.3) is 0 Å². The number of ether oxygens (including phenoxy) is 2. The van der Waals surface area contributed by atoms with Crippen molar-refractivity contribution in [3.8, 4) is 11.5 Å². The number of phenolic OH excluding ortho intramolecular Hbond substituents is 2. The molecule has 0 aliphatic rings. The molecule has 0 fully saturated rings. The van der Waals surface area contributed by atoms with E-state index in [4.69, 9.17) is 9.47 Å². The molecule has 34 heavy (non-hydrogen) atoms. The number of hydrogen-bond donors (Lipinski definition) is 2. The smallest absolute Gasteiger partial charge is 0.302 e. The molecule has 6 nitrogen and oxygen atoms in total. The lowest BCUT2D eigenvalue weighted by molar-refractivity contribution is -0.143. The monoisotopic (exact) mass is 470 g/mol. The first-order valence-electron chi connectivity index (χ1n) is 11.5. The number of carbonyl (C=O) groups excluding carboxylic acids is 2. The Morgan fingerprint density at radius 1 is 0.735 bits per heavy atom. The minimum atomic E-state index is -0.392. The molecule has 2 N–H and O–H groups in total. The van der Waals surface area contributed by atoms with Crippen LogP contribution in [-0.2, 0) is 43.1 Å². The van der Waals surface area contributed by atoms with Gasteiger partial charge in [0.05, 0.1) is 0 Å². The number of aromatic hydroxyl groups is 2. The van der Waals surface area contributed by atoms with Crippen LogP contribution >= 0.6 is 0 Å². The fourth-order valence-corrected chi connectivity index (χ4v) is 3.95. The highest BCUT2D eigenvalue weighted by atomic mass is 16.5. The van der Waals surface area contributed by atoms with E-state index in [1.165, 1.54) is 13.8 Å². The van der Waals surface area contributed by atoms with Crippen molar-refractivity contribution in [3.05, 3.63) is 57.6 Å². The summed E-state index contributed by atoms with van der Waals surface area (Å²) < 4.78 is 10.4. The zero-order valence-corrected chi connectivity index (χ0v) is 21.8. The summed E-state index contributed by atoms with van der Waals surface area (Å²) in [7, 11) is 0. The van der Waals surface area contributed by atoms with Crippen LogP contribution in [0.5, 0.6) is 11.5 Å². The second kappa shape index (κ2) is 10.1. The molecule has 0 radical (unpaired) electrons. The quantitative estimate of drug-likeness (QED) is 0.505. The van der Waals surface area contributed by atoms with Crippen LogP contribution in [0.25, 0.3) is 0 Å². The van der Waals surface area contributed by atoms with Crippen LogP contribution in [0.3, 0.4) is 0 Å². The van der Waals surface area contributed by atoms with Crippen LogP contribution < -0.4 is 0 Å². The molecule has 0 unspecified atom stereocenters. The van der Waals surface area contributed by atoms with E-state index in [-0.39, 0.29) is 47.5 Å². The van der Waals surface area contributed by atoms with Gasteiger partial charge in [-0.05, 0) is 57.3 Å². The van der Waals surface area contributed by atoms with Crippen LogP contribution in [0, 0.1) is 0 Å². The van der Waals surface area contributed by atoms with Crippen molar-refractivity contribution in [1.82, 2.24) is 0 Å². The summed E-state index contributed by atoms with van der Waals surface area (Å²) in [6.45, 7) is 16.8. The summed E-state index contributed by atoms with van der Waals surface area (Å²) in [6.07, 6.45) is 0. The Balaban J connectivity index is 2.72. The molecule has 0 saturated carbocycles. The van der Waals surface area contributed by atoms with E-state index in [1.807, 2.05) is 72.7 Å². The van der Waals surface area contributed by atoms with Gasteiger partial charge >= 0.3 is 11.9 Å². The van der Waals surface area contributed by atoms with Crippen molar-refractivity contribution >= 4 is 11.9 Å². The van der Waals surface area contributed by atoms with E-state index in [9.17, 15) is 19.8 Å². The molecule has 0 aromatic heterocycles. The highest BCUT2D eigenvalue weighted by Gasteiger charge is 2.28. The topological polar surface area (TPSA) is 93.1 Å². The van der Waals surface area contributed by atoms with Gasteiger partial charge in [-0.2, -0.15) is 0 Å². The molecule has 0 aliphatic heterocycles. The summed E-state index contributed by atoms with van der Waals surface area (Å²) in [5.41, 5.74) is 3.49. The van der Waals surface area contributed by atoms with Gasteiger partial charge in [-0.1, -0.05) is 48.5 Å². The molecule has 0 spiro atoms. The van der Waals surface area contributed by atoms with Crippen molar-refractivity contribution in [2.24, 2.45) is 0 Å². The molecule has 0 bridgehead atoms. The number of benzene rings is 2. The van der Waals surface area contributed by atoms with Gasteiger partial charge in [-0.25, -0.2) is 0 Å². The van der Waals surface area contributed by atoms with Gasteiger partial charge in [-0.3, -0.25) is 9.59 Å². The van der Waals surface area contributed by atoms with Gasteiger partial charge < -0.3 is 19.7 Å². The van der Waals surface area contributed by atoms with Gasteiger partial charge in [0, 0.05) is 30.9 Å². The summed E-state index contributed by atoms with van der Waals surface area (Å²) >= 11 is 0. The van der Waals surface area contributed by atoms with Crippen LogP contribution in [-0.4, -0.2) is 22.2 Å². The van der Waals surface area contributed by atoms with Crippen LogP contribution in [0.1, 0.15) is 102 Å². The molecule has 2 rings (SSSR count). The average molecular weight is 471 g/mol. The lowest BCUT2D eigenvalue weighted by atomic mass is 9.78. The van der Waals surface area contributed by atoms with Crippen molar-refractivity contribution in [2.75, 3.05) is 0 Å². The zero-order chi connectivity index (χ0) is 26.0. The van der Waals surface area contributed by atoms with Crippen LogP contribution in [0.2, 0.25) is 0 Å². The lowest BCUT2D eigenvalue weighted by Gasteiger charge is -2.28. The molecule has 2 aromatic carbocycles. The number of rotatable bonds is 6. The molecule has 0 aliphatic carbocycles. The predicted molar refractivity (Wildman–Crippen MR) is 132 cm³/mol. The molecular formula is C28H38O6. The average Bonchev–Trinajstić information content (AvgIpc) is 2.69. The Labute approximate surface area is 202 Å². The maximum absolute atomic E-state index is 11.4. The molecule has 186 valence electrons. The fraction of sp³-hybridized carbons (Fsp3) is 0.500.